The van der Waals surface area contributed by atoms with E-state index >= 15 is 0 Å². The summed E-state index contributed by atoms with van der Waals surface area (Å²) >= 11 is 0. The van der Waals surface area contributed by atoms with Gasteiger partial charge in [-0.1, -0.05) is 30.3 Å². The zero-order valence-corrected chi connectivity index (χ0v) is 18.5. The molecule has 2 aromatic carbocycles. The van der Waals surface area contributed by atoms with Gasteiger partial charge in [0.2, 0.25) is 5.95 Å². The van der Waals surface area contributed by atoms with Gasteiger partial charge in [0.05, 0.1) is 5.52 Å². The predicted molar refractivity (Wildman–Crippen MR) is 126 cm³/mol. The fourth-order valence-corrected chi connectivity index (χ4v) is 2.90. The van der Waals surface area contributed by atoms with E-state index in [4.69, 9.17) is 24.8 Å². The van der Waals surface area contributed by atoms with Crippen molar-refractivity contribution in [3.63, 3.8) is 0 Å². The smallest absolute Gasteiger partial charge is 0.414 e. The van der Waals surface area contributed by atoms with Crippen molar-refractivity contribution in [3.05, 3.63) is 60.2 Å². The van der Waals surface area contributed by atoms with E-state index < -0.39 is 11.9 Å². The lowest BCUT2D eigenvalue weighted by atomic mass is 10.2. The van der Waals surface area contributed by atoms with Crippen LogP contribution >= 0.6 is 0 Å². The standard InChI is InChI=1S/C21H25N5O.C2H2O4/c1-3-26(4-2)21-24-18-13-9-8-12-17(18)19(25-21)22-14-15-23-20(27)16-10-6-5-7-11-16;3-1(4)2(5)6/h5-13H,3-4,14-15H2,1-2H3,(H,23,27)(H,22,24,25);(H,3,4)(H,5,6). The summed E-state index contributed by atoms with van der Waals surface area (Å²) in [6, 6.07) is 17.2. The van der Waals surface area contributed by atoms with Crippen LogP contribution in [0.5, 0.6) is 0 Å². The molecule has 4 N–H and O–H groups in total. The van der Waals surface area contributed by atoms with Gasteiger partial charge < -0.3 is 25.7 Å². The van der Waals surface area contributed by atoms with Gasteiger partial charge in [0, 0.05) is 37.1 Å². The molecule has 1 amide bonds. The van der Waals surface area contributed by atoms with Gasteiger partial charge >= 0.3 is 11.9 Å². The normalized spacial score (nSPS) is 10.0. The zero-order chi connectivity index (χ0) is 24.2. The van der Waals surface area contributed by atoms with Crippen LogP contribution in [0.25, 0.3) is 10.9 Å². The summed E-state index contributed by atoms with van der Waals surface area (Å²) in [6.07, 6.45) is 0. The SMILES string of the molecule is CCN(CC)c1nc(NCCNC(=O)c2ccccc2)c2ccccc2n1.O=C(O)C(=O)O. The molecule has 0 spiro atoms. The Morgan fingerprint density at radius 2 is 1.45 bits per heavy atom. The van der Waals surface area contributed by atoms with Crippen molar-refractivity contribution in [1.82, 2.24) is 15.3 Å². The van der Waals surface area contributed by atoms with Gasteiger partial charge in [0.1, 0.15) is 5.82 Å². The first kappa shape index (κ1) is 25.1. The highest BCUT2D eigenvalue weighted by Crippen LogP contribution is 2.23. The largest absolute Gasteiger partial charge is 0.473 e. The maximum atomic E-state index is 12.1. The van der Waals surface area contributed by atoms with Crippen LogP contribution in [0.4, 0.5) is 11.8 Å². The minimum atomic E-state index is -1.82. The Balaban J connectivity index is 0.000000569. The number of benzene rings is 2. The molecule has 0 atom stereocenters. The van der Waals surface area contributed by atoms with Crippen LogP contribution in [0.3, 0.4) is 0 Å². The van der Waals surface area contributed by atoms with Crippen LogP contribution in [0, 0.1) is 0 Å². The molecule has 0 aliphatic heterocycles. The Labute approximate surface area is 191 Å². The fourth-order valence-electron chi connectivity index (χ4n) is 2.90. The molecule has 3 rings (SSSR count). The number of aromatic nitrogens is 2. The number of aliphatic carboxylic acids is 2. The van der Waals surface area contributed by atoms with Crippen molar-refractivity contribution in [3.8, 4) is 0 Å². The summed E-state index contributed by atoms with van der Waals surface area (Å²) < 4.78 is 0. The molecule has 0 aliphatic carbocycles. The Morgan fingerprint density at radius 3 is 2.06 bits per heavy atom. The van der Waals surface area contributed by atoms with Crippen LogP contribution in [0.15, 0.2) is 54.6 Å². The van der Waals surface area contributed by atoms with Gasteiger partial charge in [-0.25, -0.2) is 14.6 Å². The van der Waals surface area contributed by atoms with Crippen LogP contribution in [0.1, 0.15) is 24.2 Å². The molecular formula is C23H27N5O5. The molecule has 1 aromatic heterocycles. The molecule has 0 saturated carbocycles. The summed E-state index contributed by atoms with van der Waals surface area (Å²) in [5.74, 6) is -2.22. The third-order valence-corrected chi connectivity index (χ3v) is 4.56. The number of para-hydroxylation sites is 1. The minimum Gasteiger partial charge on any atom is -0.473 e. The summed E-state index contributed by atoms with van der Waals surface area (Å²) in [5.41, 5.74) is 1.57. The molecule has 10 heteroatoms. The second-order valence-corrected chi connectivity index (χ2v) is 6.72. The number of hydrogen-bond acceptors (Lipinski definition) is 7. The lowest BCUT2D eigenvalue weighted by molar-refractivity contribution is -0.159. The van der Waals surface area contributed by atoms with Gasteiger partial charge in [0.15, 0.2) is 0 Å². The van der Waals surface area contributed by atoms with E-state index in [1.165, 1.54) is 0 Å². The number of carboxylic acid groups (broad SMARTS) is 2. The van der Waals surface area contributed by atoms with E-state index in [9.17, 15) is 4.79 Å². The second-order valence-electron chi connectivity index (χ2n) is 6.72. The lowest BCUT2D eigenvalue weighted by Crippen LogP contribution is -2.29. The molecule has 0 radical (unpaired) electrons. The monoisotopic (exact) mass is 453 g/mol. The maximum Gasteiger partial charge on any atom is 0.414 e. The third-order valence-electron chi connectivity index (χ3n) is 4.56. The number of nitrogens with zero attached hydrogens (tertiary/aromatic N) is 3. The van der Waals surface area contributed by atoms with Crippen molar-refractivity contribution in [1.29, 1.82) is 0 Å². The van der Waals surface area contributed by atoms with Crippen LogP contribution in [-0.2, 0) is 9.59 Å². The molecule has 0 unspecified atom stereocenters. The second kappa shape index (κ2) is 12.6. The molecule has 33 heavy (non-hydrogen) atoms. The van der Waals surface area contributed by atoms with Gasteiger partial charge in [-0.05, 0) is 38.1 Å². The van der Waals surface area contributed by atoms with Crippen molar-refractivity contribution in [2.45, 2.75) is 13.8 Å². The van der Waals surface area contributed by atoms with Gasteiger partial charge in [-0.15, -0.1) is 0 Å². The van der Waals surface area contributed by atoms with Crippen LogP contribution in [-0.4, -0.2) is 64.2 Å². The number of carbonyl (C=O) groups excluding carboxylic acids is 1. The van der Waals surface area contributed by atoms with E-state index in [1.807, 2.05) is 42.5 Å². The summed E-state index contributed by atoms with van der Waals surface area (Å²) in [4.78, 5) is 41.8. The quantitative estimate of drug-likeness (QED) is 0.298. The molecule has 10 nitrogen and oxygen atoms in total. The van der Waals surface area contributed by atoms with E-state index in [-0.39, 0.29) is 5.91 Å². The lowest BCUT2D eigenvalue weighted by Gasteiger charge is -2.20. The number of carbonyl (C=O) groups is 3. The zero-order valence-electron chi connectivity index (χ0n) is 18.5. The van der Waals surface area contributed by atoms with Gasteiger partial charge in [-0.2, -0.15) is 4.98 Å². The molecule has 1 heterocycles. The van der Waals surface area contributed by atoms with E-state index in [2.05, 4.69) is 34.4 Å². The Bertz CT molecular complexity index is 1080. The first-order valence-corrected chi connectivity index (χ1v) is 10.4. The molecular weight excluding hydrogens is 426 g/mol. The predicted octanol–water partition coefficient (Wildman–Crippen LogP) is 2.47. The topological polar surface area (TPSA) is 145 Å². The van der Waals surface area contributed by atoms with Crippen LogP contribution < -0.4 is 15.5 Å². The fraction of sp³-hybridized carbons (Fsp3) is 0.261. The maximum absolute atomic E-state index is 12.1. The van der Waals surface area contributed by atoms with Crippen molar-refractivity contribution in [2.75, 3.05) is 36.4 Å². The van der Waals surface area contributed by atoms with E-state index in [1.54, 1.807) is 12.1 Å². The average Bonchev–Trinajstić information content (AvgIpc) is 2.83. The summed E-state index contributed by atoms with van der Waals surface area (Å²) in [5, 5.41) is 22.0. The van der Waals surface area contributed by atoms with E-state index in [0.29, 0.717) is 18.7 Å². The third kappa shape index (κ3) is 7.46. The Kier molecular flexibility index (Phi) is 9.56. The van der Waals surface area contributed by atoms with Crippen molar-refractivity contribution >= 4 is 40.5 Å². The number of hydrogen-bond donors (Lipinski definition) is 4. The number of rotatable bonds is 8. The van der Waals surface area contributed by atoms with Crippen LogP contribution in [0.2, 0.25) is 0 Å². The van der Waals surface area contributed by atoms with Crippen molar-refractivity contribution in [2.24, 2.45) is 0 Å². The van der Waals surface area contributed by atoms with Gasteiger partial charge in [-0.3, -0.25) is 4.79 Å². The molecule has 0 saturated heterocycles. The van der Waals surface area contributed by atoms with Gasteiger partial charge in [0.25, 0.3) is 5.91 Å². The highest BCUT2D eigenvalue weighted by molar-refractivity contribution is 6.27. The number of amides is 1. The minimum absolute atomic E-state index is 0.0752. The molecule has 174 valence electrons. The highest BCUT2D eigenvalue weighted by atomic mass is 16.4. The number of fused-ring (bicyclic) bond motifs is 1. The average molecular weight is 453 g/mol. The molecule has 3 aromatic rings. The first-order chi connectivity index (χ1) is 15.9. The number of carboxylic acids is 2. The molecule has 0 fully saturated rings. The Morgan fingerprint density at radius 1 is 0.848 bits per heavy atom. The van der Waals surface area contributed by atoms with Crippen molar-refractivity contribution < 1.29 is 24.6 Å². The summed E-state index contributed by atoms with van der Waals surface area (Å²) in [7, 11) is 0. The molecule has 0 bridgehead atoms. The van der Waals surface area contributed by atoms with E-state index in [0.717, 1.165) is 35.8 Å². The summed E-state index contributed by atoms with van der Waals surface area (Å²) in [6.45, 7) is 6.97. The number of anilines is 2. The Hall–Kier alpha value is -4.21. The highest BCUT2D eigenvalue weighted by Gasteiger charge is 2.11. The first-order valence-electron chi connectivity index (χ1n) is 10.4. The molecule has 0 aliphatic rings. The number of nitrogens with one attached hydrogen (secondary N) is 2.